The Morgan fingerprint density at radius 1 is 1.12 bits per heavy atom. The fourth-order valence-electron chi connectivity index (χ4n) is 4.00. The third-order valence-corrected chi connectivity index (χ3v) is 5.76. The van der Waals surface area contributed by atoms with Crippen molar-refractivity contribution in [1.82, 2.24) is 5.01 Å². The predicted octanol–water partition coefficient (Wildman–Crippen LogP) is 5.58. The van der Waals surface area contributed by atoms with Crippen molar-refractivity contribution in [1.29, 1.82) is 5.41 Å². The molecular weight excluding hydrogens is 338 g/mol. The lowest BCUT2D eigenvalue weighted by Crippen LogP contribution is -2.30. The fourth-order valence-corrected chi connectivity index (χ4v) is 4.34. The first-order chi connectivity index (χ1) is 12.8. The summed E-state index contributed by atoms with van der Waals surface area (Å²) in [5.74, 6) is 0.355. The van der Waals surface area contributed by atoms with E-state index in [4.69, 9.17) is 10.5 Å². The lowest BCUT2D eigenvalue weighted by molar-refractivity contribution is 0.307. The van der Waals surface area contributed by atoms with E-state index in [1.54, 1.807) is 0 Å². The SMILES string of the molecule is CSC(=N)N1N=C2/C(=C/c3ccccc3)CCC[C@H]2[C@H]1c1ccccc1. The van der Waals surface area contributed by atoms with Crippen molar-refractivity contribution in [3.63, 3.8) is 0 Å². The third kappa shape index (κ3) is 3.21. The molecule has 1 saturated carbocycles. The maximum Gasteiger partial charge on any atom is 0.177 e. The highest BCUT2D eigenvalue weighted by Gasteiger charge is 2.42. The summed E-state index contributed by atoms with van der Waals surface area (Å²) < 4.78 is 0. The molecule has 1 heterocycles. The normalized spacial score (nSPS) is 23.7. The molecule has 0 bridgehead atoms. The van der Waals surface area contributed by atoms with Gasteiger partial charge in [0.05, 0.1) is 11.8 Å². The summed E-state index contributed by atoms with van der Waals surface area (Å²) in [6, 6.07) is 21.2. The van der Waals surface area contributed by atoms with Gasteiger partial charge in [-0.25, -0.2) is 5.01 Å². The van der Waals surface area contributed by atoms with Crippen LogP contribution < -0.4 is 0 Å². The summed E-state index contributed by atoms with van der Waals surface area (Å²) >= 11 is 1.45. The number of thioether (sulfide) groups is 1. The third-order valence-electron chi connectivity index (χ3n) is 5.18. The Balaban J connectivity index is 1.74. The number of rotatable bonds is 2. The Hall–Kier alpha value is -2.33. The van der Waals surface area contributed by atoms with Gasteiger partial charge >= 0.3 is 0 Å². The van der Waals surface area contributed by atoms with Gasteiger partial charge in [-0.05, 0) is 48.3 Å². The van der Waals surface area contributed by atoms with Crippen molar-refractivity contribution in [3.8, 4) is 0 Å². The molecule has 2 aromatic rings. The van der Waals surface area contributed by atoms with Gasteiger partial charge in [0.1, 0.15) is 0 Å². The molecule has 1 aliphatic heterocycles. The molecule has 2 aliphatic rings. The van der Waals surface area contributed by atoms with Crippen LogP contribution >= 0.6 is 11.8 Å². The number of allylic oxidation sites excluding steroid dienone is 1. The molecule has 2 aromatic carbocycles. The maximum atomic E-state index is 8.41. The van der Waals surface area contributed by atoms with E-state index >= 15 is 0 Å². The van der Waals surface area contributed by atoms with Gasteiger partial charge in [-0.15, -0.1) is 0 Å². The Morgan fingerprint density at radius 2 is 1.81 bits per heavy atom. The molecular formula is C22H23N3S. The van der Waals surface area contributed by atoms with Gasteiger partial charge in [0.15, 0.2) is 5.17 Å². The highest BCUT2D eigenvalue weighted by molar-refractivity contribution is 8.13. The number of hydrogen-bond donors (Lipinski definition) is 1. The summed E-state index contributed by atoms with van der Waals surface area (Å²) in [4.78, 5) is 0. The van der Waals surface area contributed by atoms with Crippen LogP contribution in [0.1, 0.15) is 36.4 Å². The quantitative estimate of drug-likeness (QED) is 0.560. The number of fused-ring (bicyclic) bond motifs is 1. The zero-order valence-electron chi connectivity index (χ0n) is 14.9. The molecule has 1 aliphatic carbocycles. The van der Waals surface area contributed by atoms with Gasteiger partial charge in [0, 0.05) is 5.92 Å². The maximum absolute atomic E-state index is 8.41. The van der Waals surface area contributed by atoms with Crippen LogP contribution in [0, 0.1) is 11.3 Å². The molecule has 4 rings (SSSR count). The van der Waals surface area contributed by atoms with Crippen LogP contribution in [0.5, 0.6) is 0 Å². The number of hydrogen-bond acceptors (Lipinski definition) is 3. The van der Waals surface area contributed by atoms with Crippen LogP contribution in [0.3, 0.4) is 0 Å². The van der Waals surface area contributed by atoms with Gasteiger partial charge < -0.3 is 0 Å². The molecule has 0 unspecified atom stereocenters. The van der Waals surface area contributed by atoms with E-state index in [0.29, 0.717) is 11.1 Å². The topological polar surface area (TPSA) is 39.5 Å². The van der Waals surface area contributed by atoms with E-state index in [1.807, 2.05) is 23.4 Å². The zero-order valence-corrected chi connectivity index (χ0v) is 15.7. The average molecular weight is 362 g/mol. The zero-order chi connectivity index (χ0) is 17.9. The standard InChI is InChI=1S/C22H23N3S/c1-26-22(23)25-21(17-11-6-3-7-12-17)19-14-8-13-18(20(19)24-25)15-16-9-4-2-5-10-16/h2-7,9-12,15,19,21,23H,8,13-14H2,1H3/b18-15+,23-22?/t19-,21-/m1/s1. The lowest BCUT2D eigenvalue weighted by atomic mass is 9.77. The molecule has 0 saturated heterocycles. The Labute approximate surface area is 159 Å². The van der Waals surface area contributed by atoms with E-state index in [2.05, 4.69) is 54.6 Å². The lowest BCUT2D eigenvalue weighted by Gasteiger charge is -2.30. The molecule has 0 amide bonds. The second-order valence-electron chi connectivity index (χ2n) is 6.77. The van der Waals surface area contributed by atoms with Gasteiger partial charge in [0.2, 0.25) is 0 Å². The molecule has 1 N–H and O–H groups in total. The molecule has 0 spiro atoms. The summed E-state index contributed by atoms with van der Waals surface area (Å²) in [7, 11) is 0. The predicted molar refractivity (Wildman–Crippen MR) is 111 cm³/mol. The number of hydrazone groups is 1. The summed E-state index contributed by atoms with van der Waals surface area (Å²) in [6.07, 6.45) is 7.59. The van der Waals surface area contributed by atoms with Gasteiger partial charge in [0.25, 0.3) is 0 Å². The molecule has 1 fully saturated rings. The molecule has 0 aromatic heterocycles. The van der Waals surface area contributed by atoms with Crippen molar-refractivity contribution >= 4 is 28.7 Å². The number of benzene rings is 2. The summed E-state index contributed by atoms with van der Waals surface area (Å²) in [5.41, 5.74) is 4.97. The molecule has 4 heteroatoms. The van der Waals surface area contributed by atoms with Crippen molar-refractivity contribution in [2.45, 2.75) is 25.3 Å². The minimum absolute atomic E-state index is 0.130. The second-order valence-corrected chi connectivity index (χ2v) is 7.57. The number of amidine groups is 1. The minimum Gasteiger partial charge on any atom is -0.277 e. The van der Waals surface area contributed by atoms with Crippen LogP contribution in [0.2, 0.25) is 0 Å². The van der Waals surface area contributed by atoms with Gasteiger partial charge in [-0.1, -0.05) is 72.4 Å². The van der Waals surface area contributed by atoms with E-state index in [-0.39, 0.29) is 6.04 Å². The van der Waals surface area contributed by atoms with E-state index < -0.39 is 0 Å². The monoisotopic (exact) mass is 361 g/mol. The van der Waals surface area contributed by atoms with Crippen LogP contribution in [0.25, 0.3) is 6.08 Å². The van der Waals surface area contributed by atoms with Crippen LogP contribution in [0.4, 0.5) is 0 Å². The first-order valence-electron chi connectivity index (χ1n) is 9.09. The minimum atomic E-state index is 0.130. The molecule has 3 nitrogen and oxygen atoms in total. The van der Waals surface area contributed by atoms with Crippen molar-refractivity contribution < 1.29 is 0 Å². The van der Waals surface area contributed by atoms with E-state index in [1.165, 1.54) is 40.6 Å². The van der Waals surface area contributed by atoms with E-state index in [0.717, 1.165) is 12.8 Å². The second kappa shape index (κ2) is 7.50. The van der Waals surface area contributed by atoms with Crippen molar-refractivity contribution in [2.24, 2.45) is 11.0 Å². The van der Waals surface area contributed by atoms with Crippen LogP contribution in [-0.2, 0) is 0 Å². The molecule has 2 atom stereocenters. The van der Waals surface area contributed by atoms with Crippen molar-refractivity contribution in [3.05, 3.63) is 77.4 Å². The first kappa shape index (κ1) is 17.1. The molecule has 132 valence electrons. The summed E-state index contributed by atoms with van der Waals surface area (Å²) in [5, 5.41) is 15.8. The number of nitrogens with zero attached hydrogens (tertiary/aromatic N) is 2. The smallest absolute Gasteiger partial charge is 0.177 e. The first-order valence-corrected chi connectivity index (χ1v) is 10.3. The van der Waals surface area contributed by atoms with Crippen molar-refractivity contribution in [2.75, 3.05) is 6.26 Å². The molecule has 0 radical (unpaired) electrons. The average Bonchev–Trinajstić information content (AvgIpc) is 3.09. The van der Waals surface area contributed by atoms with Crippen LogP contribution in [-0.4, -0.2) is 22.1 Å². The number of nitrogens with one attached hydrogen (secondary N) is 1. The largest absolute Gasteiger partial charge is 0.277 e. The van der Waals surface area contributed by atoms with Crippen LogP contribution in [0.15, 0.2) is 71.3 Å². The highest BCUT2D eigenvalue weighted by atomic mass is 32.2. The fraction of sp³-hybridized carbons (Fsp3) is 0.273. The Bertz CT molecular complexity index is 842. The Kier molecular flexibility index (Phi) is 4.93. The van der Waals surface area contributed by atoms with E-state index in [9.17, 15) is 0 Å². The highest BCUT2D eigenvalue weighted by Crippen LogP contribution is 2.44. The van der Waals surface area contributed by atoms with Gasteiger partial charge in [-0.3, -0.25) is 5.41 Å². The summed E-state index contributed by atoms with van der Waals surface area (Å²) in [6.45, 7) is 0. The van der Waals surface area contributed by atoms with Gasteiger partial charge in [-0.2, -0.15) is 5.10 Å². The Morgan fingerprint density at radius 3 is 2.50 bits per heavy atom. The molecule has 26 heavy (non-hydrogen) atoms.